The van der Waals surface area contributed by atoms with Crippen LogP contribution in [0.5, 0.6) is 0 Å². The molecule has 134 valence electrons. The van der Waals surface area contributed by atoms with Gasteiger partial charge in [-0.15, -0.1) is 11.3 Å². The molecule has 25 heavy (non-hydrogen) atoms. The fraction of sp³-hybridized carbons (Fsp3) is 0.278. The molecule has 0 bridgehead atoms. The summed E-state index contributed by atoms with van der Waals surface area (Å²) in [5.41, 5.74) is 1.67. The quantitative estimate of drug-likeness (QED) is 0.779. The molecule has 1 N–H and O–H groups in total. The molecule has 1 aromatic carbocycles. The first-order valence-corrected chi connectivity index (χ1v) is 10.1. The van der Waals surface area contributed by atoms with Crippen LogP contribution in [-0.2, 0) is 14.8 Å². The van der Waals surface area contributed by atoms with Crippen molar-refractivity contribution in [2.45, 2.75) is 31.7 Å². The van der Waals surface area contributed by atoms with Gasteiger partial charge in [-0.1, -0.05) is 0 Å². The maximum Gasteiger partial charge on any atom is 0.248 e. The molecular formula is C18H22N2O3S2. The van der Waals surface area contributed by atoms with Crippen molar-refractivity contribution in [1.82, 2.24) is 4.31 Å². The molecular weight excluding hydrogens is 356 g/mol. The molecule has 0 radical (unpaired) electrons. The Bertz CT molecular complexity index is 866. The van der Waals surface area contributed by atoms with Gasteiger partial charge in [0.25, 0.3) is 0 Å². The van der Waals surface area contributed by atoms with E-state index in [1.54, 1.807) is 36.6 Å². The average Bonchev–Trinajstić information content (AvgIpc) is 2.97. The zero-order valence-corrected chi connectivity index (χ0v) is 16.3. The van der Waals surface area contributed by atoms with Crippen molar-refractivity contribution in [3.63, 3.8) is 0 Å². The van der Waals surface area contributed by atoms with Gasteiger partial charge in [-0.3, -0.25) is 4.79 Å². The zero-order valence-electron chi connectivity index (χ0n) is 14.7. The Morgan fingerprint density at radius 2 is 1.84 bits per heavy atom. The Hall–Kier alpha value is -1.96. The highest BCUT2D eigenvalue weighted by atomic mass is 32.2. The van der Waals surface area contributed by atoms with Crippen LogP contribution in [-0.4, -0.2) is 31.7 Å². The second kappa shape index (κ2) is 7.95. The summed E-state index contributed by atoms with van der Waals surface area (Å²) in [5, 5.41) is 4.70. The van der Waals surface area contributed by atoms with Crippen molar-refractivity contribution in [2.75, 3.05) is 12.4 Å². The van der Waals surface area contributed by atoms with Crippen LogP contribution in [0, 0.1) is 6.92 Å². The van der Waals surface area contributed by atoms with Crippen LogP contribution in [0.25, 0.3) is 6.08 Å². The number of nitrogens with one attached hydrogen (secondary N) is 1. The third-order valence-electron chi connectivity index (χ3n) is 3.81. The number of carbonyl (C=O) groups is 1. The fourth-order valence-electron chi connectivity index (χ4n) is 2.04. The van der Waals surface area contributed by atoms with E-state index >= 15 is 0 Å². The predicted molar refractivity (Wildman–Crippen MR) is 103 cm³/mol. The minimum Gasteiger partial charge on any atom is -0.323 e. The lowest BCUT2D eigenvalue weighted by molar-refractivity contribution is -0.111. The Labute approximate surface area is 153 Å². The van der Waals surface area contributed by atoms with E-state index in [1.165, 1.54) is 22.5 Å². The van der Waals surface area contributed by atoms with Gasteiger partial charge in [0.15, 0.2) is 0 Å². The number of benzene rings is 1. The van der Waals surface area contributed by atoms with E-state index in [9.17, 15) is 13.2 Å². The molecule has 0 unspecified atom stereocenters. The number of rotatable bonds is 6. The number of thiophene rings is 1. The first kappa shape index (κ1) is 19.4. The van der Waals surface area contributed by atoms with Crippen LogP contribution < -0.4 is 5.32 Å². The molecule has 0 atom stereocenters. The summed E-state index contributed by atoms with van der Waals surface area (Å²) in [6, 6.07) is 8.03. The standard InChI is InChI=1S/C18H22N2O3S2/c1-13(2)20(4)25(22,23)16-7-5-15(6-8-16)19-18(21)10-9-17-14(3)11-12-24-17/h5-13H,1-4H3,(H,19,21)/b10-9+. The molecule has 0 spiro atoms. The van der Waals surface area contributed by atoms with E-state index in [0.717, 1.165) is 10.4 Å². The molecule has 0 aliphatic carbocycles. The van der Waals surface area contributed by atoms with Gasteiger partial charge in [0.2, 0.25) is 15.9 Å². The average molecular weight is 379 g/mol. The molecule has 0 saturated carbocycles. The smallest absolute Gasteiger partial charge is 0.248 e. The molecule has 5 nitrogen and oxygen atoms in total. The molecule has 0 fully saturated rings. The van der Waals surface area contributed by atoms with Crippen LogP contribution in [0.2, 0.25) is 0 Å². The second-order valence-corrected chi connectivity index (χ2v) is 8.88. The second-order valence-electron chi connectivity index (χ2n) is 5.93. The van der Waals surface area contributed by atoms with E-state index in [1.807, 2.05) is 32.2 Å². The molecule has 7 heteroatoms. The summed E-state index contributed by atoms with van der Waals surface area (Å²) in [6.45, 7) is 5.61. The Kier molecular flexibility index (Phi) is 6.16. The van der Waals surface area contributed by atoms with Crippen LogP contribution in [0.4, 0.5) is 5.69 Å². The summed E-state index contributed by atoms with van der Waals surface area (Å²) in [4.78, 5) is 13.2. The van der Waals surface area contributed by atoms with E-state index in [0.29, 0.717) is 5.69 Å². The Morgan fingerprint density at radius 1 is 1.20 bits per heavy atom. The topological polar surface area (TPSA) is 66.5 Å². The molecule has 1 aromatic heterocycles. The highest BCUT2D eigenvalue weighted by molar-refractivity contribution is 7.89. The number of anilines is 1. The molecule has 1 amide bonds. The lowest BCUT2D eigenvalue weighted by Crippen LogP contribution is -2.33. The van der Waals surface area contributed by atoms with Crippen LogP contribution in [0.15, 0.2) is 46.7 Å². The fourth-order valence-corrected chi connectivity index (χ4v) is 4.23. The molecule has 2 aromatic rings. The third-order valence-corrected chi connectivity index (χ3v) is 6.85. The number of hydrogen-bond acceptors (Lipinski definition) is 4. The van der Waals surface area contributed by atoms with Gasteiger partial charge in [-0.25, -0.2) is 8.42 Å². The monoisotopic (exact) mass is 378 g/mol. The van der Waals surface area contributed by atoms with Crippen molar-refractivity contribution >= 4 is 39.0 Å². The predicted octanol–water partition coefficient (Wildman–Crippen LogP) is 3.74. The van der Waals surface area contributed by atoms with E-state index in [-0.39, 0.29) is 16.8 Å². The van der Waals surface area contributed by atoms with E-state index in [2.05, 4.69) is 5.32 Å². The maximum atomic E-state index is 12.4. The van der Waals surface area contributed by atoms with Gasteiger partial charge in [-0.05, 0) is 68.1 Å². The largest absolute Gasteiger partial charge is 0.323 e. The SMILES string of the molecule is Cc1ccsc1/C=C/C(=O)Nc1ccc(S(=O)(=O)N(C)C(C)C)cc1. The summed E-state index contributed by atoms with van der Waals surface area (Å²) in [6.07, 6.45) is 3.24. The Morgan fingerprint density at radius 3 is 2.36 bits per heavy atom. The normalized spacial score (nSPS) is 12.2. The van der Waals surface area contributed by atoms with Crippen molar-refractivity contribution in [3.8, 4) is 0 Å². The number of hydrogen-bond donors (Lipinski definition) is 1. The maximum absolute atomic E-state index is 12.4. The summed E-state index contributed by atoms with van der Waals surface area (Å²) in [7, 11) is -1.97. The van der Waals surface area contributed by atoms with Gasteiger partial charge in [0.05, 0.1) is 4.90 Å². The number of sulfonamides is 1. The van der Waals surface area contributed by atoms with Gasteiger partial charge >= 0.3 is 0 Å². The van der Waals surface area contributed by atoms with Crippen molar-refractivity contribution in [3.05, 3.63) is 52.2 Å². The molecule has 1 heterocycles. The minimum atomic E-state index is -3.52. The number of amides is 1. The van der Waals surface area contributed by atoms with Gasteiger partial charge < -0.3 is 5.32 Å². The molecule has 0 aliphatic heterocycles. The number of aryl methyl sites for hydroxylation is 1. The summed E-state index contributed by atoms with van der Waals surface area (Å²) in [5.74, 6) is -0.261. The number of carbonyl (C=O) groups excluding carboxylic acids is 1. The van der Waals surface area contributed by atoms with Crippen LogP contribution in [0.1, 0.15) is 24.3 Å². The first-order valence-electron chi connectivity index (χ1n) is 7.83. The van der Waals surface area contributed by atoms with Crippen LogP contribution in [0.3, 0.4) is 0 Å². The third kappa shape index (κ3) is 4.78. The number of nitrogens with zero attached hydrogens (tertiary/aromatic N) is 1. The lowest BCUT2D eigenvalue weighted by Gasteiger charge is -2.21. The molecule has 2 rings (SSSR count). The van der Waals surface area contributed by atoms with Gasteiger partial charge in [-0.2, -0.15) is 4.31 Å². The van der Waals surface area contributed by atoms with Crippen molar-refractivity contribution < 1.29 is 13.2 Å². The van der Waals surface area contributed by atoms with E-state index < -0.39 is 10.0 Å². The Balaban J connectivity index is 2.06. The van der Waals surface area contributed by atoms with Crippen molar-refractivity contribution in [2.24, 2.45) is 0 Å². The minimum absolute atomic E-state index is 0.129. The first-order chi connectivity index (χ1) is 11.7. The van der Waals surface area contributed by atoms with Gasteiger partial charge in [0.1, 0.15) is 0 Å². The highest BCUT2D eigenvalue weighted by Crippen LogP contribution is 2.20. The molecule has 0 saturated heterocycles. The van der Waals surface area contributed by atoms with Crippen LogP contribution >= 0.6 is 11.3 Å². The van der Waals surface area contributed by atoms with Crippen molar-refractivity contribution in [1.29, 1.82) is 0 Å². The highest BCUT2D eigenvalue weighted by Gasteiger charge is 2.22. The summed E-state index contributed by atoms with van der Waals surface area (Å²) < 4.78 is 26.1. The zero-order chi connectivity index (χ0) is 18.6. The van der Waals surface area contributed by atoms with Gasteiger partial charge in [0, 0.05) is 29.7 Å². The molecule has 0 aliphatic rings. The summed E-state index contributed by atoms with van der Waals surface area (Å²) >= 11 is 1.57. The lowest BCUT2D eigenvalue weighted by atomic mass is 10.2. The van der Waals surface area contributed by atoms with E-state index in [4.69, 9.17) is 0 Å².